The van der Waals surface area contributed by atoms with Crippen LogP contribution in [0.25, 0.3) is 0 Å². The van der Waals surface area contributed by atoms with E-state index in [9.17, 15) is 5.11 Å². The Bertz CT molecular complexity index is 242. The smallest absolute Gasteiger partial charge is 0.0953 e. The van der Waals surface area contributed by atoms with Crippen molar-refractivity contribution in [2.75, 3.05) is 11.5 Å². The Kier molecular flexibility index (Phi) is 2.39. The zero-order valence-electron chi connectivity index (χ0n) is 6.69. The lowest BCUT2D eigenvalue weighted by Gasteiger charge is -2.18. The number of thiazole rings is 1. The van der Waals surface area contributed by atoms with Crippen molar-refractivity contribution in [2.24, 2.45) is 0 Å². The molecule has 1 aliphatic heterocycles. The molecule has 1 N–H and O–H groups in total. The molecule has 0 saturated carbocycles. The number of aromatic nitrogens is 1. The van der Waals surface area contributed by atoms with Crippen LogP contribution in [-0.4, -0.2) is 27.2 Å². The maximum Gasteiger partial charge on any atom is 0.0953 e. The molecule has 1 aromatic heterocycles. The molecule has 1 aliphatic rings. The zero-order valence-corrected chi connectivity index (χ0v) is 8.33. The minimum Gasteiger partial charge on any atom is -0.389 e. The molecular formula is C8H11NOS2. The Hall–Kier alpha value is -0.0600. The maximum absolute atomic E-state index is 10.0. The predicted octanol–water partition coefficient (Wildman–Crippen LogP) is 1.55. The third-order valence-corrected chi connectivity index (χ3v) is 4.06. The number of hydrogen-bond acceptors (Lipinski definition) is 4. The first-order chi connectivity index (χ1) is 5.79. The Labute approximate surface area is 80.0 Å². The van der Waals surface area contributed by atoms with Crippen LogP contribution in [0.15, 0.2) is 11.6 Å². The van der Waals surface area contributed by atoms with Gasteiger partial charge in [-0.05, 0) is 12.2 Å². The summed E-state index contributed by atoms with van der Waals surface area (Å²) in [5, 5.41) is 13.0. The van der Waals surface area contributed by atoms with Gasteiger partial charge in [0.25, 0.3) is 0 Å². The fourth-order valence-corrected chi connectivity index (χ4v) is 3.41. The van der Waals surface area contributed by atoms with Gasteiger partial charge < -0.3 is 5.11 Å². The SMILES string of the molecule is OC1(Cc2nccs2)CCSC1. The maximum atomic E-state index is 10.0. The minimum atomic E-state index is -0.470. The van der Waals surface area contributed by atoms with E-state index in [4.69, 9.17) is 0 Å². The van der Waals surface area contributed by atoms with Gasteiger partial charge in [0.1, 0.15) is 0 Å². The lowest BCUT2D eigenvalue weighted by Crippen LogP contribution is -2.30. The summed E-state index contributed by atoms with van der Waals surface area (Å²) in [6.45, 7) is 0. The van der Waals surface area contributed by atoms with E-state index in [2.05, 4.69) is 4.98 Å². The third kappa shape index (κ3) is 1.81. The fraction of sp³-hybridized carbons (Fsp3) is 0.625. The summed E-state index contributed by atoms with van der Waals surface area (Å²) in [4.78, 5) is 4.17. The highest BCUT2D eigenvalue weighted by Crippen LogP contribution is 2.31. The summed E-state index contributed by atoms with van der Waals surface area (Å²) < 4.78 is 0. The second kappa shape index (κ2) is 3.36. The van der Waals surface area contributed by atoms with Crippen LogP contribution in [0.1, 0.15) is 11.4 Å². The van der Waals surface area contributed by atoms with Crippen molar-refractivity contribution in [1.29, 1.82) is 0 Å². The van der Waals surface area contributed by atoms with E-state index in [1.807, 2.05) is 17.1 Å². The van der Waals surface area contributed by atoms with Gasteiger partial charge in [0.05, 0.1) is 10.6 Å². The largest absolute Gasteiger partial charge is 0.389 e. The first kappa shape index (κ1) is 8.53. The van der Waals surface area contributed by atoms with E-state index in [1.165, 1.54) is 0 Å². The average molecular weight is 201 g/mol. The topological polar surface area (TPSA) is 33.1 Å². The van der Waals surface area contributed by atoms with Crippen molar-refractivity contribution in [3.05, 3.63) is 16.6 Å². The standard InChI is InChI=1S/C8H11NOS2/c10-8(1-3-11-6-8)5-7-9-2-4-12-7/h2,4,10H,1,3,5-6H2. The van der Waals surface area contributed by atoms with Gasteiger partial charge in [-0.15, -0.1) is 11.3 Å². The molecule has 0 aromatic carbocycles. The lowest BCUT2D eigenvalue weighted by atomic mass is 10.0. The molecular weight excluding hydrogens is 190 g/mol. The van der Waals surface area contributed by atoms with Crippen LogP contribution < -0.4 is 0 Å². The average Bonchev–Trinajstić information content (AvgIpc) is 2.62. The fourth-order valence-electron chi connectivity index (χ4n) is 1.36. The van der Waals surface area contributed by atoms with Crippen LogP contribution in [0.2, 0.25) is 0 Å². The van der Waals surface area contributed by atoms with Gasteiger partial charge in [0, 0.05) is 23.8 Å². The predicted molar refractivity (Wildman–Crippen MR) is 52.7 cm³/mol. The van der Waals surface area contributed by atoms with Gasteiger partial charge in [-0.2, -0.15) is 11.8 Å². The molecule has 0 aliphatic carbocycles. The first-order valence-corrected chi connectivity index (χ1v) is 6.00. The van der Waals surface area contributed by atoms with Crippen LogP contribution in [0.4, 0.5) is 0 Å². The highest BCUT2D eigenvalue weighted by atomic mass is 32.2. The zero-order chi connectivity index (χ0) is 8.44. The van der Waals surface area contributed by atoms with Gasteiger partial charge in [0.15, 0.2) is 0 Å². The van der Waals surface area contributed by atoms with E-state index >= 15 is 0 Å². The van der Waals surface area contributed by atoms with Gasteiger partial charge in [-0.3, -0.25) is 0 Å². The monoisotopic (exact) mass is 201 g/mol. The molecule has 1 atom stereocenters. The quantitative estimate of drug-likeness (QED) is 0.788. The molecule has 1 unspecified atom stereocenters. The molecule has 2 rings (SSSR count). The summed E-state index contributed by atoms with van der Waals surface area (Å²) in [5.74, 6) is 1.95. The molecule has 0 spiro atoms. The Morgan fingerprint density at radius 3 is 3.17 bits per heavy atom. The van der Waals surface area contributed by atoms with Crippen LogP contribution in [0, 0.1) is 0 Å². The number of aliphatic hydroxyl groups is 1. The lowest BCUT2D eigenvalue weighted by molar-refractivity contribution is 0.0686. The molecule has 2 nitrogen and oxygen atoms in total. The summed E-state index contributed by atoms with van der Waals surface area (Å²) in [7, 11) is 0. The second-order valence-electron chi connectivity index (χ2n) is 3.13. The molecule has 1 saturated heterocycles. The number of nitrogens with zero attached hydrogens (tertiary/aromatic N) is 1. The summed E-state index contributed by atoms with van der Waals surface area (Å²) >= 11 is 3.46. The molecule has 1 fully saturated rings. The van der Waals surface area contributed by atoms with E-state index in [0.29, 0.717) is 0 Å². The normalized spacial score (nSPS) is 29.4. The second-order valence-corrected chi connectivity index (χ2v) is 5.21. The molecule has 66 valence electrons. The highest BCUT2D eigenvalue weighted by molar-refractivity contribution is 7.99. The molecule has 0 amide bonds. The Morgan fingerprint density at radius 2 is 2.58 bits per heavy atom. The summed E-state index contributed by atoms with van der Waals surface area (Å²) in [6, 6.07) is 0. The number of hydrogen-bond donors (Lipinski definition) is 1. The van der Waals surface area contributed by atoms with Crippen molar-refractivity contribution < 1.29 is 5.11 Å². The first-order valence-electron chi connectivity index (χ1n) is 3.97. The van der Waals surface area contributed by atoms with Gasteiger partial charge in [0.2, 0.25) is 0 Å². The van der Waals surface area contributed by atoms with Crippen LogP contribution in [0.3, 0.4) is 0 Å². The van der Waals surface area contributed by atoms with Gasteiger partial charge in [-0.25, -0.2) is 4.98 Å². The Balaban J connectivity index is 2.02. The molecule has 4 heteroatoms. The summed E-state index contributed by atoms with van der Waals surface area (Å²) in [5.41, 5.74) is -0.470. The molecule has 0 bridgehead atoms. The van der Waals surface area contributed by atoms with Crippen molar-refractivity contribution in [1.82, 2.24) is 4.98 Å². The third-order valence-electron chi connectivity index (χ3n) is 2.05. The Morgan fingerprint density at radius 1 is 1.67 bits per heavy atom. The minimum absolute atomic E-state index is 0.470. The van der Waals surface area contributed by atoms with Gasteiger partial charge >= 0.3 is 0 Å². The van der Waals surface area contributed by atoms with Crippen molar-refractivity contribution >= 4 is 23.1 Å². The van der Waals surface area contributed by atoms with E-state index < -0.39 is 5.60 Å². The van der Waals surface area contributed by atoms with Crippen LogP contribution in [-0.2, 0) is 6.42 Å². The number of thioether (sulfide) groups is 1. The van der Waals surface area contributed by atoms with Crippen molar-refractivity contribution in [2.45, 2.75) is 18.4 Å². The summed E-state index contributed by atoms with van der Waals surface area (Å²) in [6.07, 6.45) is 3.44. The van der Waals surface area contributed by atoms with Crippen molar-refractivity contribution in [3.8, 4) is 0 Å². The van der Waals surface area contributed by atoms with E-state index in [-0.39, 0.29) is 0 Å². The molecule has 12 heavy (non-hydrogen) atoms. The molecule has 1 aromatic rings. The molecule has 0 radical (unpaired) electrons. The van der Waals surface area contributed by atoms with Crippen LogP contribution in [0.5, 0.6) is 0 Å². The van der Waals surface area contributed by atoms with Crippen molar-refractivity contribution in [3.63, 3.8) is 0 Å². The van der Waals surface area contributed by atoms with E-state index in [0.717, 1.165) is 29.4 Å². The number of rotatable bonds is 2. The molecule has 2 heterocycles. The van der Waals surface area contributed by atoms with Gasteiger partial charge in [-0.1, -0.05) is 0 Å². The highest BCUT2D eigenvalue weighted by Gasteiger charge is 2.32. The van der Waals surface area contributed by atoms with E-state index in [1.54, 1.807) is 17.5 Å². The van der Waals surface area contributed by atoms with Crippen LogP contribution >= 0.6 is 23.1 Å².